The highest BCUT2D eigenvalue weighted by atomic mass is 16.5. The van der Waals surface area contributed by atoms with Crippen LogP contribution in [0.3, 0.4) is 0 Å². The Bertz CT molecular complexity index is 410. The molecule has 0 bridgehead atoms. The summed E-state index contributed by atoms with van der Waals surface area (Å²) >= 11 is 0. The third-order valence-electron chi connectivity index (χ3n) is 2.30. The average Bonchev–Trinajstić information content (AvgIpc) is 2.38. The first-order valence-corrected chi connectivity index (χ1v) is 5.25. The van der Waals surface area contributed by atoms with Gasteiger partial charge in [-0.05, 0) is 18.6 Å². The van der Waals surface area contributed by atoms with Gasteiger partial charge in [-0.2, -0.15) is 0 Å². The van der Waals surface area contributed by atoms with Gasteiger partial charge in [-0.25, -0.2) is 0 Å². The minimum atomic E-state index is 0.0996. The van der Waals surface area contributed by atoms with Crippen molar-refractivity contribution in [3.8, 4) is 11.5 Å². The van der Waals surface area contributed by atoms with Crippen molar-refractivity contribution in [2.75, 3.05) is 20.8 Å². The summed E-state index contributed by atoms with van der Waals surface area (Å²) in [7, 11) is 3.05. The number of aliphatic hydroxyl groups excluding tert-OH is 1. The van der Waals surface area contributed by atoms with Gasteiger partial charge in [-0.1, -0.05) is 12.2 Å². The lowest BCUT2D eigenvalue weighted by Gasteiger charge is -2.09. The number of aliphatic hydroxyl groups is 1. The van der Waals surface area contributed by atoms with Gasteiger partial charge < -0.3 is 14.6 Å². The molecule has 0 unspecified atom stereocenters. The number of rotatable bonds is 6. The molecule has 0 saturated carbocycles. The van der Waals surface area contributed by atoms with Crippen LogP contribution < -0.4 is 9.47 Å². The number of hydrogen-bond acceptors (Lipinski definition) is 4. The lowest BCUT2D eigenvalue weighted by atomic mass is 10.1. The van der Waals surface area contributed by atoms with Crippen LogP contribution in [0, 0.1) is 0 Å². The fourth-order valence-electron chi connectivity index (χ4n) is 1.45. The van der Waals surface area contributed by atoms with Crippen LogP contribution in [-0.2, 0) is 0 Å². The molecule has 1 N–H and O–H groups in total. The van der Waals surface area contributed by atoms with Crippen LogP contribution in [0.25, 0.3) is 6.08 Å². The van der Waals surface area contributed by atoms with Crippen LogP contribution >= 0.6 is 0 Å². The van der Waals surface area contributed by atoms with Gasteiger partial charge in [0.2, 0.25) is 0 Å². The van der Waals surface area contributed by atoms with Gasteiger partial charge >= 0.3 is 0 Å². The highest BCUT2D eigenvalue weighted by Gasteiger charge is 2.08. The normalized spacial score (nSPS) is 10.5. The first-order valence-electron chi connectivity index (χ1n) is 5.25. The molecule has 1 rings (SSSR count). The van der Waals surface area contributed by atoms with Crippen molar-refractivity contribution < 1.29 is 19.4 Å². The van der Waals surface area contributed by atoms with E-state index in [0.29, 0.717) is 23.5 Å². The Labute approximate surface area is 100 Å². The SMILES string of the molecule is COc1cc(C=CCCO)c(OC)cc1C=O. The molecule has 0 heterocycles. The van der Waals surface area contributed by atoms with Gasteiger partial charge in [0.1, 0.15) is 11.5 Å². The lowest BCUT2D eigenvalue weighted by molar-refractivity contribution is 0.112. The fraction of sp³-hybridized carbons (Fsp3) is 0.308. The van der Waals surface area contributed by atoms with Crippen molar-refractivity contribution in [2.24, 2.45) is 0 Å². The topological polar surface area (TPSA) is 55.8 Å². The number of carbonyl (C=O) groups is 1. The molecule has 1 aromatic rings. The smallest absolute Gasteiger partial charge is 0.153 e. The summed E-state index contributed by atoms with van der Waals surface area (Å²) in [4.78, 5) is 10.8. The molecule has 0 atom stereocenters. The summed E-state index contributed by atoms with van der Waals surface area (Å²) in [5.41, 5.74) is 1.26. The molecule has 0 spiro atoms. The van der Waals surface area contributed by atoms with Crippen LogP contribution in [0.2, 0.25) is 0 Å². The van der Waals surface area contributed by atoms with Gasteiger partial charge in [0.05, 0.1) is 19.8 Å². The second-order valence-electron chi connectivity index (χ2n) is 3.37. The summed E-state index contributed by atoms with van der Waals surface area (Å²) in [6.07, 6.45) is 4.95. The largest absolute Gasteiger partial charge is 0.496 e. The molecule has 4 heteroatoms. The molecule has 0 aromatic heterocycles. The third kappa shape index (κ3) is 3.32. The summed E-state index contributed by atoms with van der Waals surface area (Å²) in [6, 6.07) is 3.36. The van der Waals surface area contributed by atoms with Gasteiger partial charge in [0.25, 0.3) is 0 Å². The molecule has 0 radical (unpaired) electrons. The van der Waals surface area contributed by atoms with Crippen molar-refractivity contribution in [2.45, 2.75) is 6.42 Å². The summed E-state index contributed by atoms with van der Waals surface area (Å²) in [6.45, 7) is 0.0996. The first-order chi connectivity index (χ1) is 8.26. The summed E-state index contributed by atoms with van der Waals surface area (Å²) < 4.78 is 10.3. The van der Waals surface area contributed by atoms with Crippen molar-refractivity contribution in [3.05, 3.63) is 29.3 Å². The van der Waals surface area contributed by atoms with E-state index in [9.17, 15) is 4.79 Å². The minimum absolute atomic E-state index is 0.0996. The van der Waals surface area contributed by atoms with Crippen molar-refractivity contribution >= 4 is 12.4 Å². The highest BCUT2D eigenvalue weighted by Crippen LogP contribution is 2.28. The monoisotopic (exact) mass is 236 g/mol. The van der Waals surface area contributed by atoms with Crippen LogP contribution in [0.15, 0.2) is 18.2 Å². The van der Waals surface area contributed by atoms with E-state index in [2.05, 4.69) is 0 Å². The first kappa shape index (κ1) is 13.3. The quantitative estimate of drug-likeness (QED) is 0.766. The maximum absolute atomic E-state index is 10.8. The predicted octanol–water partition coefficient (Wildman–Crippen LogP) is 1.91. The Kier molecular flexibility index (Phi) is 5.23. The van der Waals surface area contributed by atoms with E-state index in [-0.39, 0.29) is 6.61 Å². The van der Waals surface area contributed by atoms with Crippen LogP contribution in [0.4, 0.5) is 0 Å². The second kappa shape index (κ2) is 6.70. The van der Waals surface area contributed by atoms with E-state index in [4.69, 9.17) is 14.6 Å². The van der Waals surface area contributed by atoms with Gasteiger partial charge in [0.15, 0.2) is 6.29 Å². The Hall–Kier alpha value is -1.81. The van der Waals surface area contributed by atoms with E-state index in [1.54, 1.807) is 19.2 Å². The van der Waals surface area contributed by atoms with Crippen LogP contribution in [0.1, 0.15) is 22.3 Å². The molecule has 4 nitrogen and oxygen atoms in total. The standard InChI is InChI=1S/C13H16O4/c1-16-12-8-11(9-15)13(17-2)7-10(12)5-3-4-6-14/h3,5,7-9,14H,4,6H2,1-2H3. The van der Waals surface area contributed by atoms with E-state index in [1.807, 2.05) is 12.2 Å². The van der Waals surface area contributed by atoms with E-state index < -0.39 is 0 Å². The number of methoxy groups -OCH3 is 2. The van der Waals surface area contributed by atoms with Gasteiger partial charge in [-0.15, -0.1) is 0 Å². The summed E-state index contributed by atoms with van der Waals surface area (Å²) in [5, 5.41) is 8.70. The molecule has 0 aliphatic rings. The number of aldehydes is 1. The van der Waals surface area contributed by atoms with Crippen molar-refractivity contribution in [1.82, 2.24) is 0 Å². The molecule has 0 fully saturated rings. The lowest BCUT2D eigenvalue weighted by Crippen LogP contribution is -1.95. The maximum Gasteiger partial charge on any atom is 0.153 e. The molecular weight excluding hydrogens is 220 g/mol. The number of carbonyl (C=O) groups excluding carboxylic acids is 1. The Morgan fingerprint density at radius 3 is 2.29 bits per heavy atom. The van der Waals surface area contributed by atoms with Gasteiger partial charge in [0, 0.05) is 12.2 Å². The molecule has 92 valence electrons. The minimum Gasteiger partial charge on any atom is -0.496 e. The van der Waals surface area contributed by atoms with Crippen LogP contribution in [-0.4, -0.2) is 32.2 Å². The maximum atomic E-state index is 10.8. The number of ether oxygens (including phenoxy) is 2. The van der Waals surface area contributed by atoms with E-state index in [0.717, 1.165) is 11.8 Å². The number of benzene rings is 1. The Balaban J connectivity index is 3.14. The van der Waals surface area contributed by atoms with E-state index >= 15 is 0 Å². The molecule has 0 aliphatic carbocycles. The zero-order valence-corrected chi connectivity index (χ0v) is 9.97. The molecule has 0 amide bonds. The Morgan fingerprint density at radius 2 is 1.76 bits per heavy atom. The molecule has 17 heavy (non-hydrogen) atoms. The predicted molar refractivity (Wildman–Crippen MR) is 65.7 cm³/mol. The molecule has 0 saturated heterocycles. The van der Waals surface area contributed by atoms with Crippen molar-refractivity contribution in [3.63, 3.8) is 0 Å². The van der Waals surface area contributed by atoms with Crippen molar-refractivity contribution in [1.29, 1.82) is 0 Å². The second-order valence-corrected chi connectivity index (χ2v) is 3.37. The molecular formula is C13H16O4. The Morgan fingerprint density at radius 1 is 1.18 bits per heavy atom. The molecule has 1 aromatic carbocycles. The van der Waals surface area contributed by atoms with E-state index in [1.165, 1.54) is 7.11 Å². The zero-order valence-electron chi connectivity index (χ0n) is 9.97. The zero-order chi connectivity index (χ0) is 12.7. The molecule has 0 aliphatic heterocycles. The average molecular weight is 236 g/mol. The highest BCUT2D eigenvalue weighted by molar-refractivity contribution is 5.82. The van der Waals surface area contributed by atoms with Crippen LogP contribution in [0.5, 0.6) is 11.5 Å². The third-order valence-corrected chi connectivity index (χ3v) is 2.30. The van der Waals surface area contributed by atoms with Gasteiger partial charge in [-0.3, -0.25) is 4.79 Å². The summed E-state index contributed by atoms with van der Waals surface area (Å²) in [5.74, 6) is 1.10. The number of hydrogen-bond donors (Lipinski definition) is 1. The fourth-order valence-corrected chi connectivity index (χ4v) is 1.45.